The molecule has 0 saturated carbocycles. The molecule has 12 rings (SSSR count). The fourth-order valence-electron chi connectivity index (χ4n) is 13.6. The molecule has 0 aromatic heterocycles. The number of allylic oxidation sites excluding steroid dienone is 4. The van der Waals surface area contributed by atoms with E-state index in [1.54, 1.807) is 0 Å². The molecule has 0 N–H and O–H groups in total. The van der Waals surface area contributed by atoms with E-state index >= 15 is 0 Å². The van der Waals surface area contributed by atoms with Crippen LogP contribution in [0.15, 0.2) is 410 Å². The van der Waals surface area contributed by atoms with Gasteiger partial charge >= 0.3 is 33.3 Å². The van der Waals surface area contributed by atoms with E-state index < -0.39 is 38.7 Å². The van der Waals surface area contributed by atoms with Crippen LogP contribution in [0.4, 0.5) is 0 Å². The van der Waals surface area contributed by atoms with Crippen molar-refractivity contribution in [2.24, 2.45) is 5.41 Å². The highest BCUT2D eigenvalue weighted by Crippen LogP contribution is 2.32. The molecular formula is C93H92O8Si4. The van der Waals surface area contributed by atoms with E-state index in [1.165, 1.54) is 0 Å². The molecule has 0 atom stereocenters. The monoisotopic (exact) mass is 1450 g/mol. The molecule has 0 unspecified atom stereocenters. The van der Waals surface area contributed by atoms with Gasteiger partial charge in [0.15, 0.2) is 0 Å². The maximum absolute atomic E-state index is 7.97. The summed E-state index contributed by atoms with van der Waals surface area (Å²) in [5, 5.41) is 12.5. The Hall–Kier alpha value is -11.1. The quantitative estimate of drug-likeness (QED) is 0.0235. The number of hydrogen-bond acceptors (Lipinski definition) is 8. The maximum Gasteiger partial charge on any atom is 0.350 e. The van der Waals surface area contributed by atoms with Gasteiger partial charge in [-0.3, -0.25) is 0 Å². The highest BCUT2D eigenvalue weighted by atomic mass is 28.4. The highest BCUT2D eigenvalue weighted by Gasteiger charge is 2.51. The molecule has 0 aliphatic rings. The van der Waals surface area contributed by atoms with Crippen molar-refractivity contribution in [2.75, 3.05) is 26.4 Å². The summed E-state index contributed by atoms with van der Waals surface area (Å²) in [5.41, 5.74) is 1.94. The Morgan fingerprint density at radius 2 is 0.286 bits per heavy atom. The van der Waals surface area contributed by atoms with Gasteiger partial charge in [0.1, 0.15) is 31.8 Å². The zero-order chi connectivity index (χ0) is 73.0. The second-order valence-electron chi connectivity index (χ2n) is 27.3. The molecule has 0 fully saturated rings. The first-order chi connectivity index (χ1) is 51.3. The summed E-state index contributed by atoms with van der Waals surface area (Å²) in [4.78, 5) is 0. The standard InChI is InChI=1S/C93H92O8Si4/c1-73(2)89(98-102(77-45-21-9-22-46-77,78-47-23-10-24-48-78)79-49-25-11-26-50-79)94-69-93(70-95-90(74(3)4)99-103(80-51-27-12-28-52-80,81-53-29-13-30-54-81)82-55-31-14-32-56-82,71-96-91(75(5)6)100-104(83-57-33-15-34-58-83,84-59-35-16-36-60-84)85-61-37-17-38-62-85)72-97-92(76(7)8)101-105(86-63-39-18-40-64-86,87-65-41-19-42-66-87)88-67-43-20-44-68-88/h9-68H,69-72H2,1-8H3. The van der Waals surface area contributed by atoms with Gasteiger partial charge in [0.25, 0.3) is 23.8 Å². The summed E-state index contributed by atoms with van der Waals surface area (Å²) < 4.78 is 62.7. The molecular weight excluding hydrogens is 1360 g/mol. The molecule has 0 bridgehead atoms. The van der Waals surface area contributed by atoms with Gasteiger partial charge in [-0.2, -0.15) is 0 Å². The van der Waals surface area contributed by atoms with Gasteiger partial charge in [0, 0.05) is 22.3 Å². The summed E-state index contributed by atoms with van der Waals surface area (Å²) in [6, 6.07) is 127. The van der Waals surface area contributed by atoms with Crippen LogP contribution in [0.2, 0.25) is 0 Å². The summed E-state index contributed by atoms with van der Waals surface area (Å²) in [5.74, 6) is 1.42. The minimum absolute atomic E-state index is 0.0889. The van der Waals surface area contributed by atoms with Crippen LogP contribution in [-0.2, 0) is 36.7 Å². The summed E-state index contributed by atoms with van der Waals surface area (Å²) >= 11 is 0. The van der Waals surface area contributed by atoms with Crippen molar-refractivity contribution in [3.05, 3.63) is 410 Å². The van der Waals surface area contributed by atoms with Gasteiger partial charge in [-0.15, -0.1) is 0 Å². The van der Waals surface area contributed by atoms with Crippen molar-refractivity contribution in [2.45, 2.75) is 55.4 Å². The first-order valence-corrected chi connectivity index (χ1v) is 43.6. The number of rotatable bonds is 32. The summed E-state index contributed by atoms with van der Waals surface area (Å²) in [7, 11) is -14.1. The Morgan fingerprint density at radius 3 is 0.381 bits per heavy atom. The Labute approximate surface area is 625 Å². The van der Waals surface area contributed by atoms with E-state index in [0.29, 0.717) is 23.8 Å². The summed E-state index contributed by atoms with van der Waals surface area (Å²) in [6.07, 6.45) is 0. The molecule has 0 aliphatic heterocycles. The smallest absolute Gasteiger partial charge is 0.350 e. The second-order valence-corrected chi connectivity index (χ2v) is 40.5. The van der Waals surface area contributed by atoms with E-state index in [0.717, 1.165) is 84.5 Å². The molecule has 12 aromatic rings. The lowest BCUT2D eigenvalue weighted by atomic mass is 9.92. The molecule has 0 amide bonds. The largest absolute Gasteiger partial charge is 0.505 e. The molecule has 528 valence electrons. The van der Waals surface area contributed by atoms with Crippen molar-refractivity contribution < 1.29 is 36.7 Å². The second kappa shape index (κ2) is 34.4. The molecule has 0 saturated heterocycles. The van der Waals surface area contributed by atoms with Crippen molar-refractivity contribution >= 4 is 95.5 Å². The zero-order valence-corrected chi connectivity index (χ0v) is 65.2. The van der Waals surface area contributed by atoms with Crippen LogP contribution < -0.4 is 62.2 Å². The van der Waals surface area contributed by atoms with Crippen LogP contribution in [0, 0.1) is 5.41 Å². The molecule has 0 spiro atoms. The van der Waals surface area contributed by atoms with Crippen LogP contribution >= 0.6 is 0 Å². The molecule has 8 nitrogen and oxygen atoms in total. The molecule has 12 heteroatoms. The molecule has 0 heterocycles. The first-order valence-electron chi connectivity index (χ1n) is 35.9. The van der Waals surface area contributed by atoms with Gasteiger partial charge in [0.05, 0.1) is 0 Å². The highest BCUT2D eigenvalue weighted by molar-refractivity contribution is 7.09. The third-order valence-electron chi connectivity index (χ3n) is 18.8. The van der Waals surface area contributed by atoms with Crippen LogP contribution in [0.25, 0.3) is 0 Å². The fourth-order valence-corrected chi connectivity index (χ4v) is 29.1. The Balaban J connectivity index is 1.06. The Kier molecular flexibility index (Phi) is 24.1. The Bertz CT molecular complexity index is 3800. The van der Waals surface area contributed by atoms with E-state index in [4.69, 9.17) is 36.7 Å². The normalized spacial score (nSPS) is 11.6. The van der Waals surface area contributed by atoms with Crippen LogP contribution in [-0.4, -0.2) is 59.7 Å². The van der Waals surface area contributed by atoms with Crippen LogP contribution in [0.1, 0.15) is 55.4 Å². The zero-order valence-electron chi connectivity index (χ0n) is 61.2. The van der Waals surface area contributed by atoms with Gasteiger partial charge in [-0.1, -0.05) is 364 Å². The van der Waals surface area contributed by atoms with Gasteiger partial charge < -0.3 is 36.7 Å². The SMILES string of the molecule is CC(C)=C(OCC(COC(O[Si](c1ccccc1)(c1ccccc1)c1ccccc1)=C(C)C)(COC(O[Si](c1ccccc1)(c1ccccc1)c1ccccc1)=C(C)C)COC(O[Si](c1ccccc1)(c1ccccc1)c1ccccc1)=C(C)C)O[Si](c1ccccc1)(c1ccccc1)c1ccccc1. The summed E-state index contributed by atoms with van der Waals surface area (Å²) in [6.45, 7) is 16.0. The maximum atomic E-state index is 7.97. The topological polar surface area (TPSA) is 73.8 Å². The minimum atomic E-state index is -3.52. The van der Waals surface area contributed by atoms with Gasteiger partial charge in [-0.25, -0.2) is 0 Å². The van der Waals surface area contributed by atoms with Crippen molar-refractivity contribution in [3.8, 4) is 0 Å². The first kappa shape index (κ1) is 73.6. The predicted octanol–water partition coefficient (Wildman–Crippen LogP) is 13.8. The molecule has 12 aromatic carbocycles. The number of benzene rings is 12. The van der Waals surface area contributed by atoms with Crippen molar-refractivity contribution in [1.29, 1.82) is 0 Å². The molecule has 0 radical (unpaired) electrons. The number of hydrogen-bond donors (Lipinski definition) is 0. The van der Waals surface area contributed by atoms with Gasteiger partial charge in [0.2, 0.25) is 0 Å². The van der Waals surface area contributed by atoms with Crippen LogP contribution in [0.3, 0.4) is 0 Å². The molecule has 105 heavy (non-hydrogen) atoms. The minimum Gasteiger partial charge on any atom is -0.505 e. The van der Waals surface area contributed by atoms with E-state index in [2.05, 4.69) is 364 Å². The third-order valence-corrected chi connectivity index (χ3v) is 34.5. The van der Waals surface area contributed by atoms with E-state index in [1.807, 2.05) is 55.4 Å². The lowest BCUT2D eigenvalue weighted by Crippen LogP contribution is -2.69. The lowest BCUT2D eigenvalue weighted by molar-refractivity contribution is -0.104. The lowest BCUT2D eigenvalue weighted by Gasteiger charge is -2.40. The average Bonchev–Trinajstić information content (AvgIpc) is 0.773. The average molecular weight is 1450 g/mol. The molecule has 0 aliphatic carbocycles. The Morgan fingerprint density at radius 1 is 0.181 bits per heavy atom. The van der Waals surface area contributed by atoms with Crippen molar-refractivity contribution in [3.63, 3.8) is 0 Å². The predicted molar refractivity (Wildman–Crippen MR) is 440 cm³/mol. The van der Waals surface area contributed by atoms with Crippen molar-refractivity contribution in [1.82, 2.24) is 0 Å². The van der Waals surface area contributed by atoms with E-state index in [9.17, 15) is 0 Å². The van der Waals surface area contributed by atoms with Crippen LogP contribution in [0.5, 0.6) is 0 Å². The number of ether oxygens (including phenoxy) is 4. The van der Waals surface area contributed by atoms with E-state index in [-0.39, 0.29) is 26.4 Å². The van der Waals surface area contributed by atoms with Gasteiger partial charge in [-0.05, 0) is 118 Å². The third kappa shape index (κ3) is 16.3. The fraction of sp³-hybridized carbons (Fsp3) is 0.140.